The molecule has 3 fully saturated rings. The molecule has 0 radical (unpaired) electrons. The fourth-order valence-corrected chi connectivity index (χ4v) is 4.68. The van der Waals surface area contributed by atoms with Crippen molar-refractivity contribution in [3.63, 3.8) is 0 Å². The second-order valence-corrected chi connectivity index (χ2v) is 9.81. The van der Waals surface area contributed by atoms with Crippen molar-refractivity contribution < 1.29 is 9.18 Å². The van der Waals surface area contributed by atoms with Crippen LogP contribution in [0.25, 0.3) is 0 Å². The zero-order valence-electron chi connectivity index (χ0n) is 17.4. The number of hydrogen-bond acceptors (Lipinski definition) is 4. The number of aromatic nitrogens is 1. The molecule has 28 heavy (non-hydrogen) atoms. The predicted molar refractivity (Wildman–Crippen MR) is 109 cm³/mol. The summed E-state index contributed by atoms with van der Waals surface area (Å²) in [7, 11) is 0. The van der Waals surface area contributed by atoms with Gasteiger partial charge in [0.2, 0.25) is 5.95 Å². The van der Waals surface area contributed by atoms with Crippen LogP contribution in [-0.2, 0) is 0 Å². The molecule has 2 atom stereocenters. The quantitative estimate of drug-likeness (QED) is 0.803. The third-order valence-electron chi connectivity index (χ3n) is 6.78. The van der Waals surface area contributed by atoms with Crippen LogP contribution in [0, 0.1) is 17.3 Å². The Morgan fingerprint density at radius 1 is 1.11 bits per heavy atom. The smallest absolute Gasteiger partial charge is 0.270 e. The minimum atomic E-state index is -0.537. The van der Waals surface area contributed by atoms with E-state index in [0.717, 1.165) is 44.9 Å². The predicted octanol–water partition coefficient (Wildman–Crippen LogP) is 3.45. The topological polar surface area (TPSA) is 48.5 Å². The lowest BCUT2D eigenvalue weighted by Crippen LogP contribution is -2.50. The number of amides is 1. The Balaban J connectivity index is 1.33. The third kappa shape index (κ3) is 4.32. The van der Waals surface area contributed by atoms with E-state index in [2.05, 4.69) is 40.9 Å². The zero-order chi connectivity index (χ0) is 19.9. The van der Waals surface area contributed by atoms with Crippen molar-refractivity contribution in [2.24, 2.45) is 11.3 Å². The summed E-state index contributed by atoms with van der Waals surface area (Å²) in [5.74, 6) is -0.00975. The Morgan fingerprint density at radius 3 is 2.39 bits per heavy atom. The molecule has 2 unspecified atom stereocenters. The molecule has 0 spiro atoms. The second-order valence-electron chi connectivity index (χ2n) is 9.81. The van der Waals surface area contributed by atoms with Gasteiger partial charge in [0, 0.05) is 38.3 Å². The number of rotatable bonds is 4. The normalized spacial score (nSPS) is 26.5. The van der Waals surface area contributed by atoms with Crippen LogP contribution in [-0.4, -0.2) is 54.1 Å². The van der Waals surface area contributed by atoms with Crippen LogP contribution in [0.15, 0.2) is 12.1 Å². The van der Waals surface area contributed by atoms with Gasteiger partial charge in [-0.3, -0.25) is 9.69 Å². The van der Waals surface area contributed by atoms with Crippen LogP contribution in [0.3, 0.4) is 0 Å². The average molecular weight is 389 g/mol. The van der Waals surface area contributed by atoms with Gasteiger partial charge >= 0.3 is 0 Å². The maximum absolute atomic E-state index is 14.6. The maximum Gasteiger partial charge on any atom is 0.270 e. The Kier molecular flexibility index (Phi) is 5.34. The van der Waals surface area contributed by atoms with Gasteiger partial charge in [-0.2, -0.15) is 4.39 Å². The summed E-state index contributed by atoms with van der Waals surface area (Å²) < 4.78 is 14.6. The van der Waals surface area contributed by atoms with Crippen LogP contribution < -0.4 is 10.2 Å². The highest BCUT2D eigenvalue weighted by Crippen LogP contribution is 2.41. The molecule has 1 saturated heterocycles. The molecule has 1 aromatic rings. The molecule has 2 heterocycles. The molecule has 0 bridgehead atoms. The van der Waals surface area contributed by atoms with Gasteiger partial charge in [-0.15, -0.1) is 0 Å². The van der Waals surface area contributed by atoms with E-state index in [-0.39, 0.29) is 17.6 Å². The first-order valence-corrected chi connectivity index (χ1v) is 10.8. The number of carbonyl (C=O) groups is 1. The van der Waals surface area contributed by atoms with E-state index in [1.165, 1.54) is 19.3 Å². The average Bonchev–Trinajstić information content (AvgIpc) is 3.31. The van der Waals surface area contributed by atoms with E-state index in [0.29, 0.717) is 17.1 Å². The molecule has 1 N–H and O–H groups in total. The minimum absolute atomic E-state index is 0.172. The van der Waals surface area contributed by atoms with Gasteiger partial charge in [-0.1, -0.05) is 20.8 Å². The molecule has 1 aromatic heterocycles. The number of hydrogen-bond donors (Lipinski definition) is 1. The summed E-state index contributed by atoms with van der Waals surface area (Å²) in [4.78, 5) is 20.6. The summed E-state index contributed by atoms with van der Waals surface area (Å²) in [6, 6.07) is 4.28. The first-order chi connectivity index (χ1) is 13.3. The number of nitrogens with one attached hydrogen (secondary N) is 1. The van der Waals surface area contributed by atoms with E-state index in [4.69, 9.17) is 0 Å². The van der Waals surface area contributed by atoms with E-state index >= 15 is 0 Å². The van der Waals surface area contributed by atoms with Crippen molar-refractivity contribution in [3.8, 4) is 0 Å². The van der Waals surface area contributed by atoms with Gasteiger partial charge in [0.15, 0.2) is 0 Å². The van der Waals surface area contributed by atoms with Crippen molar-refractivity contribution in [2.75, 3.05) is 31.1 Å². The molecule has 1 amide bonds. The molecule has 154 valence electrons. The van der Waals surface area contributed by atoms with Crippen LogP contribution in [0.2, 0.25) is 0 Å². The van der Waals surface area contributed by atoms with Crippen LogP contribution >= 0.6 is 0 Å². The standard InChI is InChI=1S/C22H33FN4O/c1-22(2,3)15-4-7-17(14-15)26-10-12-27(13-11-26)19-9-8-18(25-20(19)23)21(28)24-16-5-6-16/h8-9,15-17H,4-7,10-14H2,1-3H3,(H,24,28). The molecule has 1 aliphatic heterocycles. The lowest BCUT2D eigenvalue weighted by atomic mass is 9.79. The largest absolute Gasteiger partial charge is 0.365 e. The zero-order valence-corrected chi connectivity index (χ0v) is 17.4. The number of anilines is 1. The first-order valence-electron chi connectivity index (χ1n) is 10.8. The lowest BCUT2D eigenvalue weighted by Gasteiger charge is -2.39. The fraction of sp³-hybridized carbons (Fsp3) is 0.727. The van der Waals surface area contributed by atoms with Gasteiger partial charge in [-0.25, -0.2) is 4.98 Å². The number of carbonyl (C=O) groups excluding carboxylic acids is 1. The number of pyridine rings is 1. The highest BCUT2D eigenvalue weighted by atomic mass is 19.1. The van der Waals surface area contributed by atoms with E-state index in [1.807, 2.05) is 0 Å². The number of piperazine rings is 1. The molecule has 0 aromatic carbocycles. The third-order valence-corrected chi connectivity index (χ3v) is 6.78. The molecule has 5 nitrogen and oxygen atoms in total. The SMILES string of the molecule is CC(C)(C)C1CCC(N2CCN(c3ccc(C(=O)NC4CC4)nc3F)CC2)C1. The monoisotopic (exact) mass is 388 g/mol. The molecule has 2 aliphatic carbocycles. The molecular formula is C22H33FN4O. The minimum Gasteiger partial charge on any atom is -0.365 e. The lowest BCUT2D eigenvalue weighted by molar-refractivity contribution is 0.0945. The van der Waals surface area contributed by atoms with E-state index in [1.54, 1.807) is 12.1 Å². The highest BCUT2D eigenvalue weighted by molar-refractivity contribution is 5.92. The summed E-state index contributed by atoms with van der Waals surface area (Å²) >= 11 is 0. The maximum atomic E-state index is 14.6. The molecular weight excluding hydrogens is 355 g/mol. The van der Waals surface area contributed by atoms with E-state index < -0.39 is 5.95 Å². The number of nitrogens with zero attached hydrogens (tertiary/aromatic N) is 3. The Bertz CT molecular complexity index is 720. The van der Waals surface area contributed by atoms with Crippen molar-refractivity contribution >= 4 is 11.6 Å². The van der Waals surface area contributed by atoms with Gasteiger partial charge in [0.1, 0.15) is 5.69 Å². The number of halogens is 1. The van der Waals surface area contributed by atoms with Crippen molar-refractivity contribution in [1.82, 2.24) is 15.2 Å². The van der Waals surface area contributed by atoms with Crippen molar-refractivity contribution in [2.45, 2.75) is 65.0 Å². The summed E-state index contributed by atoms with van der Waals surface area (Å²) in [6.07, 6.45) is 5.90. The van der Waals surface area contributed by atoms with Crippen LogP contribution in [0.4, 0.5) is 10.1 Å². The first kappa shape index (κ1) is 19.6. The molecule has 4 rings (SSSR count). The second kappa shape index (κ2) is 7.62. The van der Waals surface area contributed by atoms with Gasteiger partial charge in [0.05, 0.1) is 5.69 Å². The summed E-state index contributed by atoms with van der Waals surface area (Å²) in [6.45, 7) is 10.6. The molecule has 3 aliphatic rings. The van der Waals surface area contributed by atoms with Crippen LogP contribution in [0.5, 0.6) is 0 Å². The fourth-order valence-electron chi connectivity index (χ4n) is 4.68. The van der Waals surface area contributed by atoms with Gasteiger partial charge in [0.25, 0.3) is 5.91 Å². The van der Waals surface area contributed by atoms with E-state index in [9.17, 15) is 9.18 Å². The molecule has 2 saturated carbocycles. The van der Waals surface area contributed by atoms with Crippen molar-refractivity contribution in [3.05, 3.63) is 23.8 Å². The van der Waals surface area contributed by atoms with Crippen molar-refractivity contribution in [1.29, 1.82) is 0 Å². The summed E-state index contributed by atoms with van der Waals surface area (Å²) in [5.41, 5.74) is 1.08. The van der Waals surface area contributed by atoms with Gasteiger partial charge in [-0.05, 0) is 55.6 Å². The molecule has 6 heteroatoms. The highest BCUT2D eigenvalue weighted by Gasteiger charge is 2.36. The van der Waals surface area contributed by atoms with Crippen LogP contribution in [0.1, 0.15) is 63.4 Å². The van der Waals surface area contributed by atoms with Gasteiger partial charge < -0.3 is 10.2 Å². The Hall–Kier alpha value is -1.69. The Labute approximate surface area is 167 Å². The Morgan fingerprint density at radius 2 is 1.82 bits per heavy atom. The summed E-state index contributed by atoms with van der Waals surface area (Å²) in [5, 5.41) is 2.86.